The fourth-order valence-electron chi connectivity index (χ4n) is 3.76. The van der Waals surface area contributed by atoms with Crippen LogP contribution in [0.25, 0.3) is 23.3 Å². The predicted octanol–water partition coefficient (Wildman–Crippen LogP) is 6.39. The number of rotatable bonds is 2. The molecule has 5 heteroatoms. The number of hydrogen-bond acceptors (Lipinski definition) is 2. The van der Waals surface area contributed by atoms with Crippen molar-refractivity contribution in [2.24, 2.45) is 0 Å². The summed E-state index contributed by atoms with van der Waals surface area (Å²) in [6.07, 6.45) is 3.69. The summed E-state index contributed by atoms with van der Waals surface area (Å²) in [7, 11) is 0. The molecule has 30 heavy (non-hydrogen) atoms. The van der Waals surface area contributed by atoms with Crippen LogP contribution in [-0.2, 0) is 11.3 Å². The molecular weight excluding hydrogens is 401 g/mol. The Balaban J connectivity index is 1.91. The minimum absolute atomic E-state index is 0.134. The maximum absolute atomic E-state index is 15.1. The van der Waals surface area contributed by atoms with Gasteiger partial charge in [-0.3, -0.25) is 9.59 Å². The summed E-state index contributed by atoms with van der Waals surface area (Å²) in [5.41, 5.74) is 4.32. The standard InChI is InChI=1S/C25H19ClFNO2/c1-15(29)21-5-3-4-6-22(21)23-11-19-14-28(16(2)30)25-13-20(26)10-9-17(25)7-8-18(19)12-24(23)27/h3-13H,14H2,1-2H3. The average Bonchev–Trinajstić information content (AvgIpc) is 2.70. The number of fused-ring (bicyclic) bond motifs is 2. The van der Waals surface area contributed by atoms with Gasteiger partial charge in [-0.1, -0.05) is 54.1 Å². The van der Waals surface area contributed by atoms with Gasteiger partial charge in [-0.2, -0.15) is 0 Å². The highest BCUT2D eigenvalue weighted by atomic mass is 35.5. The van der Waals surface area contributed by atoms with Crippen molar-refractivity contribution in [3.8, 4) is 11.1 Å². The molecule has 4 rings (SSSR count). The van der Waals surface area contributed by atoms with Gasteiger partial charge in [0.05, 0.1) is 12.2 Å². The number of Topliss-reactive ketones (excluding diaryl/α,β-unsaturated/α-hetero) is 1. The zero-order chi connectivity index (χ0) is 21.4. The lowest BCUT2D eigenvalue weighted by Gasteiger charge is -2.26. The van der Waals surface area contributed by atoms with Gasteiger partial charge >= 0.3 is 0 Å². The molecule has 0 saturated carbocycles. The number of anilines is 1. The molecule has 0 bridgehead atoms. The molecule has 150 valence electrons. The third kappa shape index (κ3) is 3.66. The van der Waals surface area contributed by atoms with Crippen molar-refractivity contribution in [3.63, 3.8) is 0 Å². The van der Waals surface area contributed by atoms with Crippen LogP contribution in [-0.4, -0.2) is 11.7 Å². The van der Waals surface area contributed by atoms with Crippen molar-refractivity contribution in [2.45, 2.75) is 20.4 Å². The Morgan fingerprint density at radius 1 is 0.933 bits per heavy atom. The number of carbonyl (C=O) groups is 2. The Kier molecular flexibility index (Phi) is 5.27. The Labute approximate surface area is 179 Å². The van der Waals surface area contributed by atoms with Crippen LogP contribution >= 0.6 is 11.6 Å². The maximum atomic E-state index is 15.1. The molecule has 3 nitrogen and oxygen atoms in total. The summed E-state index contributed by atoms with van der Waals surface area (Å²) in [5.74, 6) is -0.696. The second-order valence-electron chi connectivity index (χ2n) is 7.27. The largest absolute Gasteiger partial charge is 0.308 e. The number of hydrogen-bond donors (Lipinski definition) is 0. The molecule has 0 atom stereocenters. The third-order valence-electron chi connectivity index (χ3n) is 5.26. The van der Waals surface area contributed by atoms with E-state index in [1.807, 2.05) is 18.2 Å². The van der Waals surface area contributed by atoms with Gasteiger partial charge in [0.15, 0.2) is 5.78 Å². The van der Waals surface area contributed by atoms with E-state index in [4.69, 9.17) is 11.6 Å². The molecule has 0 spiro atoms. The molecule has 0 aliphatic carbocycles. The highest BCUT2D eigenvalue weighted by Crippen LogP contribution is 2.35. The summed E-state index contributed by atoms with van der Waals surface area (Å²) in [5, 5.41) is 0.532. The minimum atomic E-state index is -0.418. The molecule has 1 heterocycles. The smallest absolute Gasteiger partial charge is 0.224 e. The predicted molar refractivity (Wildman–Crippen MR) is 119 cm³/mol. The lowest BCUT2D eigenvalue weighted by atomic mass is 9.92. The number of nitrogens with zero attached hydrogens (tertiary/aromatic N) is 1. The van der Waals surface area contributed by atoms with Crippen LogP contribution in [0.15, 0.2) is 54.6 Å². The molecule has 3 aromatic rings. The summed E-state index contributed by atoms with van der Waals surface area (Å²) in [6, 6.07) is 15.5. The Bertz CT molecular complexity index is 1220. The zero-order valence-electron chi connectivity index (χ0n) is 16.6. The quantitative estimate of drug-likeness (QED) is 0.451. The van der Waals surface area contributed by atoms with Crippen LogP contribution in [0.4, 0.5) is 10.1 Å². The van der Waals surface area contributed by atoms with Gasteiger partial charge in [-0.05, 0) is 53.4 Å². The molecule has 0 aromatic heterocycles. The normalized spacial score (nSPS) is 12.6. The first-order valence-corrected chi connectivity index (χ1v) is 9.91. The number of carbonyl (C=O) groups excluding carboxylic acids is 2. The second kappa shape index (κ2) is 7.88. The van der Waals surface area contributed by atoms with E-state index in [0.717, 1.165) is 11.1 Å². The number of halogens is 2. The lowest BCUT2D eigenvalue weighted by molar-refractivity contribution is -0.116. The van der Waals surface area contributed by atoms with E-state index < -0.39 is 5.82 Å². The number of amides is 1. The van der Waals surface area contributed by atoms with E-state index in [-0.39, 0.29) is 18.2 Å². The van der Waals surface area contributed by atoms with Crippen LogP contribution in [0.1, 0.15) is 40.9 Å². The summed E-state index contributed by atoms with van der Waals surface area (Å²) < 4.78 is 15.1. The fourth-order valence-corrected chi connectivity index (χ4v) is 3.93. The lowest BCUT2D eigenvalue weighted by Crippen LogP contribution is -2.29. The molecule has 0 saturated heterocycles. The van der Waals surface area contributed by atoms with Gasteiger partial charge in [0.1, 0.15) is 5.82 Å². The Morgan fingerprint density at radius 2 is 1.67 bits per heavy atom. The Hall–Kier alpha value is -3.24. The van der Waals surface area contributed by atoms with Crippen LogP contribution in [0.2, 0.25) is 5.02 Å². The van der Waals surface area contributed by atoms with E-state index in [2.05, 4.69) is 0 Å². The van der Waals surface area contributed by atoms with Crippen molar-refractivity contribution in [1.82, 2.24) is 0 Å². The zero-order valence-corrected chi connectivity index (χ0v) is 17.3. The van der Waals surface area contributed by atoms with Gasteiger partial charge in [-0.15, -0.1) is 0 Å². The molecule has 1 amide bonds. The van der Waals surface area contributed by atoms with Crippen molar-refractivity contribution in [1.29, 1.82) is 0 Å². The van der Waals surface area contributed by atoms with Crippen LogP contribution in [0, 0.1) is 5.82 Å². The highest BCUT2D eigenvalue weighted by Gasteiger charge is 2.21. The third-order valence-corrected chi connectivity index (χ3v) is 5.49. The molecule has 1 aliphatic heterocycles. The monoisotopic (exact) mass is 419 g/mol. The van der Waals surface area contributed by atoms with Crippen molar-refractivity contribution in [2.75, 3.05) is 4.90 Å². The van der Waals surface area contributed by atoms with E-state index in [9.17, 15) is 9.59 Å². The van der Waals surface area contributed by atoms with E-state index in [0.29, 0.717) is 33.0 Å². The Morgan fingerprint density at radius 3 is 2.40 bits per heavy atom. The fraction of sp³-hybridized carbons (Fsp3) is 0.120. The van der Waals surface area contributed by atoms with E-state index in [1.54, 1.807) is 47.4 Å². The van der Waals surface area contributed by atoms with Gasteiger partial charge in [-0.25, -0.2) is 4.39 Å². The molecular formula is C25H19ClFNO2. The van der Waals surface area contributed by atoms with Crippen LogP contribution in [0.3, 0.4) is 0 Å². The number of ketones is 1. The second-order valence-corrected chi connectivity index (χ2v) is 7.71. The topological polar surface area (TPSA) is 37.4 Å². The van der Waals surface area contributed by atoms with E-state index >= 15 is 4.39 Å². The van der Waals surface area contributed by atoms with Crippen LogP contribution < -0.4 is 4.90 Å². The first-order chi connectivity index (χ1) is 14.3. The van der Waals surface area contributed by atoms with Crippen molar-refractivity contribution < 1.29 is 14.0 Å². The first-order valence-electron chi connectivity index (χ1n) is 9.53. The average molecular weight is 420 g/mol. The number of benzene rings is 3. The first kappa shape index (κ1) is 20.0. The summed E-state index contributed by atoms with van der Waals surface area (Å²) >= 11 is 6.17. The molecule has 0 N–H and O–H groups in total. The van der Waals surface area contributed by atoms with Gasteiger partial charge < -0.3 is 4.90 Å². The molecule has 0 radical (unpaired) electrons. The minimum Gasteiger partial charge on any atom is -0.308 e. The van der Waals surface area contributed by atoms with Crippen molar-refractivity contribution in [3.05, 3.63) is 87.7 Å². The molecule has 0 unspecified atom stereocenters. The molecule has 3 aromatic carbocycles. The van der Waals surface area contributed by atoms with Gasteiger partial charge in [0.25, 0.3) is 0 Å². The molecule has 1 aliphatic rings. The SMILES string of the molecule is CC(=O)c1ccccc1-c1cc2c(cc1F)C=Cc1ccc(Cl)cc1N(C(C)=O)C2. The summed E-state index contributed by atoms with van der Waals surface area (Å²) in [6.45, 7) is 3.22. The highest BCUT2D eigenvalue weighted by molar-refractivity contribution is 6.31. The van der Waals surface area contributed by atoms with Crippen LogP contribution in [0.5, 0.6) is 0 Å². The maximum Gasteiger partial charge on any atom is 0.224 e. The van der Waals surface area contributed by atoms with Gasteiger partial charge in [0, 0.05) is 23.1 Å². The van der Waals surface area contributed by atoms with E-state index in [1.165, 1.54) is 19.9 Å². The van der Waals surface area contributed by atoms with Crippen molar-refractivity contribution >= 4 is 41.1 Å². The summed E-state index contributed by atoms with van der Waals surface area (Å²) in [4.78, 5) is 26.1. The molecule has 0 fully saturated rings. The van der Waals surface area contributed by atoms with Gasteiger partial charge in [0.2, 0.25) is 5.91 Å².